The van der Waals surface area contributed by atoms with Gasteiger partial charge in [0.05, 0.1) is 24.1 Å². The van der Waals surface area contributed by atoms with E-state index in [1.54, 1.807) is 0 Å². The number of hydrogen-bond donors (Lipinski definition) is 1. The molecule has 3 rings (SSSR count). The van der Waals surface area contributed by atoms with E-state index in [2.05, 4.69) is 29.9 Å². The van der Waals surface area contributed by atoms with Gasteiger partial charge in [0.1, 0.15) is 11.6 Å². The summed E-state index contributed by atoms with van der Waals surface area (Å²) in [5, 5.41) is 13.4. The quantitative estimate of drug-likeness (QED) is 0.473. The maximum Gasteiger partial charge on any atom is 0.446 e. The van der Waals surface area contributed by atoms with Crippen LogP contribution in [0.15, 0.2) is 32.1 Å². The largest absolute Gasteiger partial charge is 0.617 e. The molecule has 0 fully saturated rings. The summed E-state index contributed by atoms with van der Waals surface area (Å²) in [5.41, 5.74) is -2.05. The van der Waals surface area contributed by atoms with Gasteiger partial charge in [0.2, 0.25) is 11.6 Å². The predicted molar refractivity (Wildman–Crippen MR) is 87.8 cm³/mol. The maximum absolute atomic E-state index is 13.5. The lowest BCUT2D eigenvalue weighted by Gasteiger charge is -2.10. The molecule has 0 aliphatic heterocycles. The fourth-order valence-electron chi connectivity index (χ4n) is 2.26. The van der Waals surface area contributed by atoms with E-state index < -0.39 is 34.5 Å². The van der Waals surface area contributed by atoms with Gasteiger partial charge in [-0.05, 0) is 28.5 Å². The van der Waals surface area contributed by atoms with Crippen LogP contribution in [0.3, 0.4) is 0 Å². The Bertz CT molecular complexity index is 1030. The lowest BCUT2D eigenvalue weighted by Crippen LogP contribution is -2.17. The van der Waals surface area contributed by atoms with Gasteiger partial charge in [-0.2, -0.15) is 13.2 Å². The average Bonchev–Trinajstić information content (AvgIpc) is 3.20. The first kappa shape index (κ1) is 19.9. The van der Waals surface area contributed by atoms with Gasteiger partial charge in [-0.3, -0.25) is 4.52 Å². The molecular weight excluding hydrogens is 410 g/mol. The molecule has 14 heteroatoms. The van der Waals surface area contributed by atoms with E-state index in [1.165, 1.54) is 6.26 Å². The average molecular weight is 421 g/mol. The van der Waals surface area contributed by atoms with Crippen LogP contribution < -0.4 is 11.1 Å². The predicted octanol–water partition coefficient (Wildman–Crippen LogP) is 1.82. The number of nitrogens with zero attached hydrogens (tertiary/aromatic N) is 4. The molecule has 0 amide bonds. The van der Waals surface area contributed by atoms with Crippen LogP contribution in [0, 0.1) is 5.82 Å². The van der Waals surface area contributed by atoms with Gasteiger partial charge in [-0.15, -0.1) is 0 Å². The van der Waals surface area contributed by atoms with Crippen LogP contribution in [0.2, 0.25) is 0 Å². The number of nitrogens with one attached hydrogen (secondary N) is 1. The Morgan fingerprint density at radius 2 is 2.04 bits per heavy atom. The van der Waals surface area contributed by atoms with Crippen molar-refractivity contribution in [1.29, 1.82) is 0 Å². The fraction of sp³-hybridized carbons (Fsp3) is 0.286. The molecule has 0 spiro atoms. The fourth-order valence-corrected chi connectivity index (χ4v) is 2.65. The number of aromatic nitrogens is 4. The Morgan fingerprint density at radius 3 is 2.71 bits per heavy atom. The van der Waals surface area contributed by atoms with Crippen molar-refractivity contribution in [2.24, 2.45) is 0 Å². The summed E-state index contributed by atoms with van der Waals surface area (Å²) in [6.07, 6.45) is -3.48. The SMILES string of the molecule is C[S+]([O-])CCNc1nonc1-c1noc(=O)n1-c1ccc(F)c(C(F)(F)F)c1. The van der Waals surface area contributed by atoms with Crippen LogP contribution in [-0.2, 0) is 17.4 Å². The second-order valence-corrected chi connectivity index (χ2v) is 6.99. The van der Waals surface area contributed by atoms with E-state index in [0.29, 0.717) is 16.7 Å². The molecule has 2 heterocycles. The van der Waals surface area contributed by atoms with Crippen molar-refractivity contribution in [1.82, 2.24) is 20.0 Å². The molecule has 0 saturated carbocycles. The topological polar surface area (TPSA) is 122 Å². The Kier molecular flexibility index (Phi) is 5.42. The molecule has 1 aromatic carbocycles. The van der Waals surface area contributed by atoms with Crippen LogP contribution >= 0.6 is 0 Å². The summed E-state index contributed by atoms with van der Waals surface area (Å²) < 4.78 is 73.3. The highest BCUT2D eigenvalue weighted by atomic mass is 32.2. The zero-order valence-corrected chi connectivity index (χ0v) is 14.8. The molecule has 0 aliphatic rings. The minimum absolute atomic E-state index is 0.00524. The number of alkyl halides is 3. The second kappa shape index (κ2) is 7.63. The summed E-state index contributed by atoms with van der Waals surface area (Å²) >= 11 is -1.09. The molecule has 1 atom stereocenters. The monoisotopic (exact) mass is 421 g/mol. The van der Waals surface area contributed by atoms with Crippen molar-refractivity contribution < 1.29 is 31.3 Å². The molecule has 150 valence electrons. The zero-order chi connectivity index (χ0) is 20.5. The molecule has 9 nitrogen and oxygen atoms in total. The van der Waals surface area contributed by atoms with Gasteiger partial charge in [-0.25, -0.2) is 18.4 Å². The molecule has 3 aromatic rings. The summed E-state index contributed by atoms with van der Waals surface area (Å²) in [6, 6.07) is 1.96. The van der Waals surface area contributed by atoms with Crippen LogP contribution in [0.25, 0.3) is 17.2 Å². The van der Waals surface area contributed by atoms with Gasteiger partial charge in [0.25, 0.3) is 0 Å². The van der Waals surface area contributed by atoms with Crippen LogP contribution in [0.5, 0.6) is 0 Å². The minimum atomic E-state index is -4.97. The van der Waals surface area contributed by atoms with Crippen molar-refractivity contribution in [2.45, 2.75) is 6.18 Å². The summed E-state index contributed by atoms with van der Waals surface area (Å²) in [4.78, 5) is 12.0. The maximum atomic E-state index is 13.5. The van der Waals surface area contributed by atoms with E-state index in [0.717, 1.165) is 6.07 Å². The number of hydrogen-bond acceptors (Lipinski definition) is 8. The minimum Gasteiger partial charge on any atom is -0.617 e. The smallest absolute Gasteiger partial charge is 0.446 e. The highest BCUT2D eigenvalue weighted by Crippen LogP contribution is 2.33. The Morgan fingerprint density at radius 1 is 1.29 bits per heavy atom. The van der Waals surface area contributed by atoms with Gasteiger partial charge >= 0.3 is 11.9 Å². The molecule has 1 unspecified atom stereocenters. The lowest BCUT2D eigenvalue weighted by atomic mass is 10.1. The van der Waals surface area contributed by atoms with Crippen molar-refractivity contribution in [2.75, 3.05) is 23.9 Å². The van der Waals surface area contributed by atoms with Gasteiger partial charge < -0.3 is 9.87 Å². The Hall–Kier alpha value is -2.87. The standard InChI is InChI=1S/C14H11F4N5O4S/c1-28(25)5-4-19-11-10(20-27-21-11)12-22-26-13(24)23(12)7-2-3-9(15)8(6-7)14(16,17)18/h2-3,6H,4-5H2,1H3,(H,19,21). The van der Waals surface area contributed by atoms with E-state index >= 15 is 0 Å². The first-order valence-corrected chi connectivity index (χ1v) is 9.24. The van der Waals surface area contributed by atoms with Crippen LogP contribution in [0.4, 0.5) is 23.4 Å². The third kappa shape index (κ3) is 4.01. The van der Waals surface area contributed by atoms with Crippen LogP contribution in [0.1, 0.15) is 5.56 Å². The molecule has 28 heavy (non-hydrogen) atoms. The molecular formula is C14H11F4N5O4S. The van der Waals surface area contributed by atoms with Gasteiger partial charge in [-0.1, -0.05) is 16.3 Å². The molecule has 0 saturated heterocycles. The van der Waals surface area contributed by atoms with Crippen molar-refractivity contribution in [3.05, 3.63) is 40.1 Å². The lowest BCUT2D eigenvalue weighted by molar-refractivity contribution is -0.140. The third-order valence-corrected chi connectivity index (χ3v) is 4.28. The van der Waals surface area contributed by atoms with Gasteiger partial charge in [0.15, 0.2) is 5.69 Å². The molecule has 1 N–H and O–H groups in total. The van der Waals surface area contributed by atoms with E-state index in [1.807, 2.05) is 0 Å². The first-order chi connectivity index (χ1) is 13.2. The highest BCUT2D eigenvalue weighted by Gasteiger charge is 2.35. The summed E-state index contributed by atoms with van der Waals surface area (Å²) in [7, 11) is 0. The summed E-state index contributed by atoms with van der Waals surface area (Å²) in [5.74, 6) is -2.67. The molecule has 0 bridgehead atoms. The molecule has 2 aromatic heterocycles. The number of benzene rings is 1. The van der Waals surface area contributed by atoms with Crippen LogP contribution in [-0.4, -0.2) is 43.1 Å². The van der Waals surface area contributed by atoms with Gasteiger partial charge in [0, 0.05) is 0 Å². The Labute approximate surface area is 156 Å². The Balaban J connectivity index is 2.04. The van der Waals surface area contributed by atoms with E-state index in [4.69, 9.17) is 0 Å². The summed E-state index contributed by atoms with van der Waals surface area (Å²) in [6.45, 7) is 0.210. The van der Waals surface area contributed by atoms with Crippen molar-refractivity contribution in [3.8, 4) is 17.2 Å². The number of anilines is 1. The normalized spacial score (nSPS) is 12.9. The number of rotatable bonds is 6. The van der Waals surface area contributed by atoms with Crippen molar-refractivity contribution >= 4 is 17.0 Å². The van der Waals surface area contributed by atoms with E-state index in [9.17, 15) is 26.9 Å². The highest BCUT2D eigenvalue weighted by molar-refractivity contribution is 7.90. The third-order valence-electron chi connectivity index (χ3n) is 3.50. The van der Waals surface area contributed by atoms with Crippen molar-refractivity contribution in [3.63, 3.8) is 0 Å². The second-order valence-electron chi connectivity index (χ2n) is 5.43. The zero-order valence-electron chi connectivity index (χ0n) is 14.0. The number of halogens is 4. The molecule has 0 aliphatic carbocycles. The first-order valence-electron chi connectivity index (χ1n) is 7.51. The van der Waals surface area contributed by atoms with E-state index in [-0.39, 0.29) is 35.3 Å². The molecule has 0 radical (unpaired) electrons.